The second kappa shape index (κ2) is 1.98. The van der Waals surface area contributed by atoms with Gasteiger partial charge < -0.3 is 5.73 Å². The van der Waals surface area contributed by atoms with Gasteiger partial charge in [0.1, 0.15) is 5.41 Å². The Kier molecular flexibility index (Phi) is 1.17. The van der Waals surface area contributed by atoms with E-state index in [4.69, 9.17) is 11.0 Å². The average Bonchev–Trinajstić information content (AvgIpc) is 2.73. The van der Waals surface area contributed by atoms with E-state index in [0.717, 1.165) is 0 Å². The van der Waals surface area contributed by atoms with Crippen LogP contribution in [0.4, 0.5) is 0 Å². The Hall–Kier alpha value is -1.56. The topological polar surface area (TPSA) is 66.9 Å². The second-order valence-electron chi connectivity index (χ2n) is 3.17. The summed E-state index contributed by atoms with van der Waals surface area (Å²) in [5.74, 6) is -0.466. The fraction of sp³-hybridized carbons (Fsp3) is 0.333. The molecule has 0 aliphatic heterocycles. The molecular formula is C9H8N2O. The van der Waals surface area contributed by atoms with Crippen molar-refractivity contribution >= 4 is 5.91 Å². The van der Waals surface area contributed by atoms with Crippen LogP contribution in [0.3, 0.4) is 0 Å². The van der Waals surface area contributed by atoms with Crippen molar-refractivity contribution < 1.29 is 4.79 Å². The molecule has 0 heterocycles. The molecule has 0 saturated heterocycles. The molecule has 2 aliphatic rings. The lowest BCUT2D eigenvalue weighted by molar-refractivity contribution is -0.121. The zero-order valence-electron chi connectivity index (χ0n) is 6.40. The summed E-state index contributed by atoms with van der Waals surface area (Å²) in [5, 5.41) is 8.84. The minimum absolute atomic E-state index is 0.0185. The molecular weight excluding hydrogens is 152 g/mol. The fourth-order valence-electron chi connectivity index (χ4n) is 1.89. The molecule has 2 N–H and O–H groups in total. The van der Waals surface area contributed by atoms with E-state index in [1.807, 2.05) is 30.4 Å². The van der Waals surface area contributed by atoms with Gasteiger partial charge in [-0.25, -0.2) is 0 Å². The van der Waals surface area contributed by atoms with Gasteiger partial charge in [-0.1, -0.05) is 24.3 Å². The van der Waals surface area contributed by atoms with Crippen molar-refractivity contribution in [3.63, 3.8) is 0 Å². The zero-order chi connectivity index (χ0) is 8.77. The summed E-state index contributed by atoms with van der Waals surface area (Å²) in [6, 6.07) is 2.02. The average molecular weight is 160 g/mol. The Morgan fingerprint density at radius 2 is 1.92 bits per heavy atom. The summed E-state index contributed by atoms with van der Waals surface area (Å²) < 4.78 is 0. The molecule has 1 fully saturated rings. The van der Waals surface area contributed by atoms with Crippen LogP contribution in [0, 0.1) is 28.6 Å². The summed E-state index contributed by atoms with van der Waals surface area (Å²) in [5.41, 5.74) is 4.23. The molecule has 1 amide bonds. The molecule has 2 unspecified atom stereocenters. The van der Waals surface area contributed by atoms with Crippen LogP contribution in [-0.4, -0.2) is 5.91 Å². The molecule has 0 aromatic carbocycles. The number of amides is 1. The largest absolute Gasteiger partial charge is 0.368 e. The van der Waals surface area contributed by atoms with Crippen LogP contribution in [0.5, 0.6) is 0 Å². The number of nitriles is 1. The number of primary amides is 1. The van der Waals surface area contributed by atoms with Gasteiger partial charge in [-0.15, -0.1) is 0 Å². The monoisotopic (exact) mass is 160 g/mol. The predicted molar refractivity (Wildman–Crippen MR) is 42.5 cm³/mol. The molecule has 0 radical (unpaired) electrons. The van der Waals surface area contributed by atoms with Crippen LogP contribution in [-0.2, 0) is 4.79 Å². The van der Waals surface area contributed by atoms with Gasteiger partial charge in [0.2, 0.25) is 5.91 Å². The molecule has 1 saturated carbocycles. The number of hydrogen-bond acceptors (Lipinski definition) is 2. The number of carbonyl (C=O) groups excluding carboxylic acids is 1. The Morgan fingerprint density at radius 1 is 1.42 bits per heavy atom. The summed E-state index contributed by atoms with van der Waals surface area (Å²) in [6.45, 7) is 0. The van der Waals surface area contributed by atoms with Gasteiger partial charge in [0.15, 0.2) is 0 Å². The Morgan fingerprint density at radius 3 is 2.25 bits per heavy atom. The Bertz CT molecular complexity index is 317. The summed E-state index contributed by atoms with van der Waals surface area (Å²) in [7, 11) is 0. The number of allylic oxidation sites excluding steroid dienone is 4. The standard InChI is InChI=1S/C9H8N2O/c10-5-9(8(11)12)6-3-1-2-4-7(6)9/h1-4,6-7H,(H2,11,12). The first kappa shape index (κ1) is 7.11. The number of carbonyl (C=O) groups is 1. The normalized spacial score (nSPS) is 41.6. The van der Waals surface area contributed by atoms with Gasteiger partial charge in [0.25, 0.3) is 0 Å². The third kappa shape index (κ3) is 0.578. The van der Waals surface area contributed by atoms with Crippen molar-refractivity contribution in [1.29, 1.82) is 5.26 Å². The number of nitrogens with two attached hydrogens (primary N) is 1. The quantitative estimate of drug-likeness (QED) is 0.601. The van der Waals surface area contributed by atoms with Gasteiger partial charge in [0, 0.05) is 11.8 Å². The number of fused-ring (bicyclic) bond motifs is 1. The van der Waals surface area contributed by atoms with Crippen molar-refractivity contribution in [2.75, 3.05) is 0 Å². The molecule has 3 heteroatoms. The van der Waals surface area contributed by atoms with Crippen molar-refractivity contribution in [2.24, 2.45) is 23.0 Å². The highest BCUT2D eigenvalue weighted by Crippen LogP contribution is 2.60. The SMILES string of the molecule is N#CC1(C(N)=O)C2C=CC=CC21. The Labute approximate surface area is 70.2 Å². The highest BCUT2D eigenvalue weighted by atomic mass is 16.1. The van der Waals surface area contributed by atoms with Gasteiger partial charge in [0.05, 0.1) is 6.07 Å². The highest BCUT2D eigenvalue weighted by Gasteiger charge is 2.67. The van der Waals surface area contributed by atoms with E-state index in [9.17, 15) is 4.79 Å². The summed E-state index contributed by atoms with van der Waals surface area (Å²) >= 11 is 0. The maximum Gasteiger partial charge on any atom is 0.239 e. The van der Waals surface area contributed by atoms with E-state index in [0.29, 0.717) is 0 Å². The lowest BCUT2D eigenvalue weighted by atomic mass is 10.0. The molecule has 3 nitrogen and oxygen atoms in total. The van der Waals surface area contributed by atoms with Crippen molar-refractivity contribution in [1.82, 2.24) is 0 Å². The summed E-state index contributed by atoms with van der Waals surface area (Å²) in [4.78, 5) is 11.0. The first-order chi connectivity index (χ1) is 5.73. The third-order valence-corrected chi connectivity index (χ3v) is 2.67. The molecule has 12 heavy (non-hydrogen) atoms. The molecule has 0 aromatic heterocycles. The van der Waals surface area contributed by atoms with E-state index in [1.165, 1.54) is 0 Å². The van der Waals surface area contributed by atoms with Gasteiger partial charge in [-0.05, 0) is 0 Å². The first-order valence-electron chi connectivity index (χ1n) is 3.79. The number of hydrogen-bond donors (Lipinski definition) is 1. The molecule has 2 rings (SSSR count). The minimum atomic E-state index is -0.941. The van der Waals surface area contributed by atoms with Crippen molar-refractivity contribution in [2.45, 2.75) is 0 Å². The molecule has 0 spiro atoms. The molecule has 2 atom stereocenters. The maximum absolute atomic E-state index is 11.0. The van der Waals surface area contributed by atoms with Crippen molar-refractivity contribution in [3.05, 3.63) is 24.3 Å². The van der Waals surface area contributed by atoms with E-state index in [-0.39, 0.29) is 11.8 Å². The Balaban J connectivity index is 2.39. The maximum atomic E-state index is 11.0. The minimum Gasteiger partial charge on any atom is -0.368 e. The molecule has 0 bridgehead atoms. The number of rotatable bonds is 1. The van der Waals surface area contributed by atoms with Gasteiger partial charge in [-0.3, -0.25) is 4.79 Å². The second-order valence-corrected chi connectivity index (χ2v) is 3.17. The molecule has 60 valence electrons. The van der Waals surface area contributed by atoms with Crippen LogP contribution in [0.25, 0.3) is 0 Å². The van der Waals surface area contributed by atoms with Crippen LogP contribution >= 0.6 is 0 Å². The predicted octanol–water partition coefficient (Wildman–Crippen LogP) is 0.354. The number of nitrogens with zero attached hydrogens (tertiary/aromatic N) is 1. The van der Waals surface area contributed by atoms with Crippen LogP contribution in [0.1, 0.15) is 0 Å². The fourth-order valence-corrected chi connectivity index (χ4v) is 1.89. The lowest BCUT2D eigenvalue weighted by Gasteiger charge is -1.98. The van der Waals surface area contributed by atoms with Crippen molar-refractivity contribution in [3.8, 4) is 6.07 Å². The highest BCUT2D eigenvalue weighted by molar-refractivity contribution is 5.89. The van der Waals surface area contributed by atoms with Gasteiger partial charge >= 0.3 is 0 Å². The van der Waals surface area contributed by atoms with Crippen LogP contribution in [0.2, 0.25) is 0 Å². The summed E-state index contributed by atoms with van der Waals surface area (Å²) in [6.07, 6.45) is 7.45. The molecule has 2 aliphatic carbocycles. The van der Waals surface area contributed by atoms with E-state index < -0.39 is 11.3 Å². The zero-order valence-corrected chi connectivity index (χ0v) is 6.40. The van der Waals surface area contributed by atoms with Crippen LogP contribution < -0.4 is 5.73 Å². The lowest BCUT2D eigenvalue weighted by Crippen LogP contribution is -2.26. The van der Waals surface area contributed by atoms with E-state index >= 15 is 0 Å². The van der Waals surface area contributed by atoms with E-state index in [2.05, 4.69) is 0 Å². The smallest absolute Gasteiger partial charge is 0.239 e. The van der Waals surface area contributed by atoms with Crippen LogP contribution in [0.15, 0.2) is 24.3 Å². The third-order valence-electron chi connectivity index (χ3n) is 2.67. The van der Waals surface area contributed by atoms with Gasteiger partial charge in [-0.2, -0.15) is 5.26 Å². The van der Waals surface area contributed by atoms with E-state index in [1.54, 1.807) is 0 Å². The molecule has 0 aromatic rings. The first-order valence-corrected chi connectivity index (χ1v) is 3.79.